The van der Waals surface area contributed by atoms with Crippen molar-refractivity contribution in [1.82, 2.24) is 9.80 Å². The Kier molecular flexibility index (Phi) is 8.55. The van der Waals surface area contributed by atoms with Gasteiger partial charge in [-0.05, 0) is 75.3 Å². The Morgan fingerprint density at radius 3 is 2.56 bits per heavy atom. The van der Waals surface area contributed by atoms with Crippen molar-refractivity contribution >= 4 is 33.4 Å². The number of aliphatic hydroxyl groups excluding tert-OH is 1. The second-order valence-corrected chi connectivity index (χ2v) is 10.2. The number of hydrogen-bond acceptors (Lipinski definition) is 5. The van der Waals surface area contributed by atoms with E-state index in [2.05, 4.69) is 29.8 Å². The highest BCUT2D eigenvalue weighted by atomic mass is 79.9. The highest BCUT2D eigenvalue weighted by Crippen LogP contribution is 2.40. The lowest BCUT2D eigenvalue weighted by Gasteiger charge is -2.26. The van der Waals surface area contributed by atoms with Crippen LogP contribution in [0.2, 0.25) is 0 Å². The molecule has 0 bridgehead atoms. The van der Waals surface area contributed by atoms with E-state index in [1.54, 1.807) is 17.0 Å². The van der Waals surface area contributed by atoms with Crippen molar-refractivity contribution in [1.29, 1.82) is 0 Å². The Morgan fingerprint density at radius 2 is 1.91 bits per heavy atom. The van der Waals surface area contributed by atoms with Crippen molar-refractivity contribution in [2.24, 2.45) is 5.92 Å². The molecule has 6 nitrogen and oxygen atoms in total. The summed E-state index contributed by atoms with van der Waals surface area (Å²) in [6.07, 6.45) is 0.706. The number of benzene rings is 2. The van der Waals surface area contributed by atoms with Crippen molar-refractivity contribution in [2.75, 3.05) is 33.8 Å². The fourth-order valence-corrected chi connectivity index (χ4v) is 4.25. The molecular formula is C27H33BrN2O4. The van der Waals surface area contributed by atoms with Crippen LogP contribution in [0.5, 0.6) is 5.75 Å². The number of ether oxygens (including phenoxy) is 1. The Balaban J connectivity index is 2.09. The minimum Gasteiger partial charge on any atom is -0.507 e. The van der Waals surface area contributed by atoms with Crippen LogP contribution in [0.25, 0.3) is 5.76 Å². The van der Waals surface area contributed by atoms with Gasteiger partial charge in [0.1, 0.15) is 11.5 Å². The standard InChI is InChI=1S/C27H33BrN2O4/c1-17(2)16-34-21-9-6-8-19(15-21)24-23(25(31)20-10-11-22(28)18(3)14-20)26(32)27(33)30(24)13-7-12-29(4)5/h6,8-11,14-15,17,24,31H,7,12-13,16H2,1-5H3/b25-23-. The number of hydrogen-bond donors (Lipinski definition) is 1. The number of rotatable bonds is 9. The summed E-state index contributed by atoms with van der Waals surface area (Å²) in [6, 6.07) is 12.1. The number of carbonyl (C=O) groups is 2. The van der Waals surface area contributed by atoms with Crippen LogP contribution in [0.4, 0.5) is 0 Å². The number of ketones is 1. The first kappa shape index (κ1) is 26.0. The van der Waals surface area contributed by atoms with Gasteiger partial charge in [0.15, 0.2) is 0 Å². The summed E-state index contributed by atoms with van der Waals surface area (Å²) in [5, 5.41) is 11.3. The second kappa shape index (κ2) is 11.2. The fraction of sp³-hybridized carbons (Fsp3) is 0.407. The third kappa shape index (κ3) is 5.88. The highest BCUT2D eigenvalue weighted by Gasteiger charge is 2.45. The largest absolute Gasteiger partial charge is 0.507 e. The van der Waals surface area contributed by atoms with Crippen LogP contribution in [-0.4, -0.2) is 60.4 Å². The van der Waals surface area contributed by atoms with Gasteiger partial charge in [-0.3, -0.25) is 9.59 Å². The van der Waals surface area contributed by atoms with Crippen LogP contribution in [0.3, 0.4) is 0 Å². The van der Waals surface area contributed by atoms with Crippen LogP contribution in [0, 0.1) is 12.8 Å². The lowest BCUT2D eigenvalue weighted by Crippen LogP contribution is -2.32. The fourth-order valence-electron chi connectivity index (χ4n) is 4.00. The number of likely N-dealkylation sites (tertiary alicyclic amines) is 1. The molecule has 1 N–H and O–H groups in total. The van der Waals surface area contributed by atoms with Gasteiger partial charge in [0.25, 0.3) is 11.7 Å². The van der Waals surface area contributed by atoms with Crippen LogP contribution in [0.15, 0.2) is 52.5 Å². The van der Waals surface area contributed by atoms with Gasteiger partial charge in [-0.2, -0.15) is 0 Å². The molecule has 0 aliphatic carbocycles. The molecule has 1 unspecified atom stereocenters. The van der Waals surface area contributed by atoms with E-state index in [0.717, 1.165) is 22.1 Å². The Bertz CT molecular complexity index is 1090. The van der Waals surface area contributed by atoms with Gasteiger partial charge in [0, 0.05) is 16.6 Å². The van der Waals surface area contributed by atoms with Gasteiger partial charge >= 0.3 is 0 Å². The molecule has 1 heterocycles. The van der Waals surface area contributed by atoms with Crippen LogP contribution >= 0.6 is 15.9 Å². The summed E-state index contributed by atoms with van der Waals surface area (Å²) < 4.78 is 6.80. The highest BCUT2D eigenvalue weighted by molar-refractivity contribution is 9.10. The van der Waals surface area contributed by atoms with E-state index >= 15 is 0 Å². The third-order valence-electron chi connectivity index (χ3n) is 5.73. The lowest BCUT2D eigenvalue weighted by molar-refractivity contribution is -0.139. The maximum atomic E-state index is 13.2. The quantitative estimate of drug-likeness (QED) is 0.276. The van der Waals surface area contributed by atoms with E-state index in [0.29, 0.717) is 36.8 Å². The minimum absolute atomic E-state index is 0.109. The van der Waals surface area contributed by atoms with Crippen molar-refractivity contribution < 1.29 is 19.4 Å². The van der Waals surface area contributed by atoms with Gasteiger partial charge in [-0.25, -0.2) is 0 Å². The summed E-state index contributed by atoms with van der Waals surface area (Å²) in [5.41, 5.74) is 2.27. The lowest BCUT2D eigenvalue weighted by atomic mass is 9.94. The number of halogens is 1. The molecule has 7 heteroatoms. The topological polar surface area (TPSA) is 70.1 Å². The first-order valence-corrected chi connectivity index (χ1v) is 12.3. The Hall–Kier alpha value is -2.64. The molecular weight excluding hydrogens is 496 g/mol. The van der Waals surface area contributed by atoms with E-state index in [1.165, 1.54) is 0 Å². The molecule has 0 saturated carbocycles. The zero-order valence-corrected chi connectivity index (χ0v) is 22.1. The van der Waals surface area contributed by atoms with Crippen molar-refractivity contribution in [3.63, 3.8) is 0 Å². The minimum atomic E-state index is -0.686. The molecule has 2 aromatic rings. The summed E-state index contributed by atoms with van der Waals surface area (Å²) in [6.45, 7) is 7.80. The van der Waals surface area contributed by atoms with Gasteiger partial charge in [0.2, 0.25) is 0 Å². The molecule has 1 fully saturated rings. The van der Waals surface area contributed by atoms with Crippen molar-refractivity contribution in [3.05, 3.63) is 69.2 Å². The van der Waals surface area contributed by atoms with E-state index < -0.39 is 17.7 Å². The Morgan fingerprint density at radius 1 is 1.18 bits per heavy atom. The maximum absolute atomic E-state index is 13.2. The van der Waals surface area contributed by atoms with Gasteiger partial charge in [-0.1, -0.05) is 48.0 Å². The van der Waals surface area contributed by atoms with Gasteiger partial charge in [0.05, 0.1) is 18.2 Å². The number of aliphatic hydroxyl groups is 1. The van der Waals surface area contributed by atoms with E-state index in [-0.39, 0.29) is 11.3 Å². The smallest absolute Gasteiger partial charge is 0.295 e. The molecule has 2 aromatic carbocycles. The van der Waals surface area contributed by atoms with Crippen molar-refractivity contribution in [3.8, 4) is 5.75 Å². The SMILES string of the molecule is Cc1cc(/C(O)=C2/C(=O)C(=O)N(CCCN(C)C)C2c2cccc(OCC(C)C)c2)ccc1Br. The molecule has 3 rings (SSSR count). The van der Waals surface area contributed by atoms with Crippen LogP contribution < -0.4 is 4.74 Å². The Labute approximate surface area is 210 Å². The molecule has 1 aliphatic rings. The number of aryl methyl sites for hydroxylation is 1. The van der Waals surface area contributed by atoms with E-state index in [1.807, 2.05) is 56.3 Å². The average Bonchev–Trinajstić information content (AvgIpc) is 3.04. The van der Waals surface area contributed by atoms with Crippen LogP contribution in [-0.2, 0) is 9.59 Å². The number of Topliss-reactive ketones (excluding diaryl/α,β-unsaturated/α-hetero) is 1. The van der Waals surface area contributed by atoms with E-state index in [4.69, 9.17) is 4.74 Å². The second-order valence-electron chi connectivity index (χ2n) is 9.39. The summed E-state index contributed by atoms with van der Waals surface area (Å²) >= 11 is 3.47. The van der Waals surface area contributed by atoms with Gasteiger partial charge < -0.3 is 19.6 Å². The number of nitrogens with zero attached hydrogens (tertiary/aromatic N) is 2. The predicted octanol–water partition coefficient (Wildman–Crippen LogP) is 5.17. The first-order chi connectivity index (χ1) is 16.1. The van der Waals surface area contributed by atoms with E-state index in [9.17, 15) is 14.7 Å². The zero-order valence-electron chi connectivity index (χ0n) is 20.5. The van der Waals surface area contributed by atoms with Gasteiger partial charge in [-0.15, -0.1) is 0 Å². The molecule has 1 aliphatic heterocycles. The molecule has 34 heavy (non-hydrogen) atoms. The molecule has 1 amide bonds. The monoisotopic (exact) mass is 528 g/mol. The number of amides is 1. The zero-order chi connectivity index (χ0) is 25.0. The average molecular weight is 529 g/mol. The molecule has 1 saturated heterocycles. The van der Waals surface area contributed by atoms with Crippen molar-refractivity contribution in [2.45, 2.75) is 33.2 Å². The molecule has 0 spiro atoms. The molecule has 182 valence electrons. The summed E-state index contributed by atoms with van der Waals surface area (Å²) in [5.74, 6) is -0.387. The predicted molar refractivity (Wildman–Crippen MR) is 138 cm³/mol. The maximum Gasteiger partial charge on any atom is 0.295 e. The summed E-state index contributed by atoms with van der Waals surface area (Å²) in [7, 11) is 3.94. The first-order valence-electron chi connectivity index (χ1n) is 11.5. The number of carbonyl (C=O) groups excluding carboxylic acids is 2. The molecule has 1 atom stereocenters. The third-order valence-corrected chi connectivity index (χ3v) is 6.62. The normalized spacial score (nSPS) is 17.8. The van der Waals surface area contributed by atoms with Crippen LogP contribution in [0.1, 0.15) is 43.0 Å². The molecule has 0 aromatic heterocycles. The molecule has 0 radical (unpaired) electrons. The summed E-state index contributed by atoms with van der Waals surface area (Å²) in [4.78, 5) is 29.9.